The molecule has 1 fully saturated rings. The summed E-state index contributed by atoms with van der Waals surface area (Å²) in [4.78, 5) is 26.9. The molecule has 29 heavy (non-hydrogen) atoms. The van der Waals surface area contributed by atoms with Gasteiger partial charge >= 0.3 is 0 Å². The molecule has 0 spiro atoms. The van der Waals surface area contributed by atoms with Crippen molar-refractivity contribution < 1.29 is 19.1 Å². The Morgan fingerprint density at radius 1 is 1.00 bits per heavy atom. The SMILES string of the molecule is O=C(COCCOc1ccccc1)Nc1cc(Cl)ccc1C(=O)N1CCCCC1. The number of carbonyl (C=O) groups is 2. The zero-order valence-electron chi connectivity index (χ0n) is 16.2. The summed E-state index contributed by atoms with van der Waals surface area (Å²) < 4.78 is 10.9. The van der Waals surface area contributed by atoms with Gasteiger partial charge in [-0.2, -0.15) is 0 Å². The molecule has 6 nitrogen and oxygen atoms in total. The number of anilines is 1. The van der Waals surface area contributed by atoms with Gasteiger partial charge in [-0.3, -0.25) is 9.59 Å². The van der Waals surface area contributed by atoms with E-state index in [2.05, 4.69) is 5.32 Å². The number of amides is 2. The van der Waals surface area contributed by atoms with Crippen molar-refractivity contribution in [2.45, 2.75) is 19.3 Å². The van der Waals surface area contributed by atoms with Crippen molar-refractivity contribution in [2.75, 3.05) is 38.2 Å². The van der Waals surface area contributed by atoms with E-state index >= 15 is 0 Å². The number of carbonyl (C=O) groups excluding carboxylic acids is 2. The molecule has 0 unspecified atom stereocenters. The summed E-state index contributed by atoms with van der Waals surface area (Å²) in [6, 6.07) is 14.3. The summed E-state index contributed by atoms with van der Waals surface area (Å²) in [5, 5.41) is 3.19. The zero-order valence-corrected chi connectivity index (χ0v) is 17.0. The van der Waals surface area contributed by atoms with Gasteiger partial charge in [-0.1, -0.05) is 29.8 Å². The van der Waals surface area contributed by atoms with Crippen molar-refractivity contribution in [3.05, 3.63) is 59.1 Å². The lowest BCUT2D eigenvalue weighted by atomic mass is 10.1. The largest absolute Gasteiger partial charge is 0.491 e. The van der Waals surface area contributed by atoms with Crippen LogP contribution in [0.25, 0.3) is 0 Å². The van der Waals surface area contributed by atoms with Crippen molar-refractivity contribution in [1.29, 1.82) is 0 Å². The van der Waals surface area contributed by atoms with E-state index in [4.69, 9.17) is 21.1 Å². The second-order valence-corrected chi connectivity index (χ2v) is 7.24. The van der Waals surface area contributed by atoms with Crippen LogP contribution in [0.15, 0.2) is 48.5 Å². The van der Waals surface area contributed by atoms with Crippen LogP contribution in [0, 0.1) is 0 Å². The fourth-order valence-corrected chi connectivity index (χ4v) is 3.33. The first-order valence-corrected chi connectivity index (χ1v) is 10.2. The Morgan fingerprint density at radius 3 is 2.52 bits per heavy atom. The highest BCUT2D eigenvalue weighted by molar-refractivity contribution is 6.31. The Balaban J connectivity index is 1.50. The fourth-order valence-electron chi connectivity index (χ4n) is 3.16. The van der Waals surface area contributed by atoms with Crippen LogP contribution in [0.1, 0.15) is 29.6 Å². The van der Waals surface area contributed by atoms with Gasteiger partial charge in [-0.25, -0.2) is 0 Å². The Labute approximate surface area is 175 Å². The van der Waals surface area contributed by atoms with Crippen molar-refractivity contribution in [2.24, 2.45) is 0 Å². The predicted molar refractivity (Wildman–Crippen MR) is 113 cm³/mol. The van der Waals surface area contributed by atoms with E-state index in [1.165, 1.54) is 0 Å². The maximum atomic E-state index is 12.8. The van der Waals surface area contributed by atoms with Crippen molar-refractivity contribution in [3.63, 3.8) is 0 Å². The molecule has 3 rings (SSSR count). The van der Waals surface area contributed by atoms with E-state index in [1.54, 1.807) is 18.2 Å². The first-order chi connectivity index (χ1) is 14.1. The monoisotopic (exact) mass is 416 g/mol. The lowest BCUT2D eigenvalue weighted by molar-refractivity contribution is -0.120. The number of nitrogens with zero attached hydrogens (tertiary/aromatic N) is 1. The van der Waals surface area contributed by atoms with Gasteiger partial charge in [0.15, 0.2) is 0 Å². The van der Waals surface area contributed by atoms with Gasteiger partial charge in [-0.05, 0) is 49.6 Å². The zero-order chi connectivity index (χ0) is 20.5. The van der Waals surface area contributed by atoms with Crippen LogP contribution in [0.3, 0.4) is 0 Å². The van der Waals surface area contributed by atoms with Crippen LogP contribution in [-0.4, -0.2) is 49.6 Å². The van der Waals surface area contributed by atoms with E-state index in [1.807, 2.05) is 35.2 Å². The van der Waals surface area contributed by atoms with E-state index in [0.717, 1.165) is 38.1 Å². The highest BCUT2D eigenvalue weighted by Crippen LogP contribution is 2.24. The maximum Gasteiger partial charge on any atom is 0.255 e. The normalized spacial score (nSPS) is 13.8. The Bertz CT molecular complexity index is 823. The number of benzene rings is 2. The van der Waals surface area contributed by atoms with Gasteiger partial charge in [0, 0.05) is 18.1 Å². The van der Waals surface area contributed by atoms with Gasteiger partial charge in [0.05, 0.1) is 17.9 Å². The average Bonchev–Trinajstić information content (AvgIpc) is 2.74. The molecule has 1 aliphatic heterocycles. The smallest absolute Gasteiger partial charge is 0.255 e. The van der Waals surface area contributed by atoms with Gasteiger partial charge in [0.1, 0.15) is 19.0 Å². The second kappa shape index (κ2) is 10.8. The summed E-state index contributed by atoms with van der Waals surface area (Å²) in [6.45, 7) is 1.95. The van der Waals surface area contributed by atoms with E-state index in [0.29, 0.717) is 22.9 Å². The number of halogens is 1. The third-order valence-corrected chi connectivity index (χ3v) is 4.84. The molecule has 0 radical (unpaired) electrons. The fraction of sp³-hybridized carbons (Fsp3) is 0.364. The summed E-state index contributed by atoms with van der Waals surface area (Å²) in [5.74, 6) is 0.314. The number of para-hydroxylation sites is 1. The third kappa shape index (κ3) is 6.48. The van der Waals surface area contributed by atoms with Crippen LogP contribution in [0.2, 0.25) is 5.02 Å². The van der Waals surface area contributed by atoms with Gasteiger partial charge < -0.3 is 19.7 Å². The molecule has 2 amide bonds. The molecule has 154 valence electrons. The second-order valence-electron chi connectivity index (χ2n) is 6.81. The van der Waals surface area contributed by atoms with Gasteiger partial charge in [0.2, 0.25) is 5.91 Å². The average molecular weight is 417 g/mol. The molecule has 1 aliphatic rings. The summed E-state index contributed by atoms with van der Waals surface area (Å²) in [5.41, 5.74) is 0.847. The van der Waals surface area contributed by atoms with Crippen molar-refractivity contribution >= 4 is 29.1 Å². The summed E-state index contributed by atoms with van der Waals surface area (Å²) in [6.07, 6.45) is 3.14. The molecule has 2 aromatic rings. The van der Waals surface area contributed by atoms with Crippen LogP contribution < -0.4 is 10.1 Å². The minimum Gasteiger partial charge on any atom is -0.491 e. The summed E-state index contributed by atoms with van der Waals surface area (Å²) in [7, 11) is 0. The van der Waals surface area contributed by atoms with Crippen LogP contribution >= 0.6 is 11.6 Å². The highest BCUT2D eigenvalue weighted by Gasteiger charge is 2.21. The van der Waals surface area contributed by atoms with Crippen molar-refractivity contribution in [3.8, 4) is 5.75 Å². The Hall–Kier alpha value is -2.57. The minimum absolute atomic E-state index is 0.0890. The number of hydrogen-bond donors (Lipinski definition) is 1. The molecule has 0 atom stereocenters. The minimum atomic E-state index is -0.348. The van der Waals surface area contributed by atoms with Crippen molar-refractivity contribution in [1.82, 2.24) is 4.90 Å². The number of piperidine rings is 1. The number of rotatable bonds is 8. The molecule has 1 N–H and O–H groups in total. The number of likely N-dealkylation sites (tertiary alicyclic amines) is 1. The quantitative estimate of drug-likeness (QED) is 0.660. The maximum absolute atomic E-state index is 12.8. The van der Waals surface area contributed by atoms with Crippen LogP contribution in [0.4, 0.5) is 5.69 Å². The van der Waals surface area contributed by atoms with E-state index in [9.17, 15) is 9.59 Å². The molecule has 2 aromatic carbocycles. The Morgan fingerprint density at radius 2 is 1.76 bits per heavy atom. The molecule has 0 saturated carbocycles. The molecule has 0 bridgehead atoms. The molecule has 0 aromatic heterocycles. The van der Waals surface area contributed by atoms with E-state index in [-0.39, 0.29) is 25.0 Å². The highest BCUT2D eigenvalue weighted by atomic mass is 35.5. The molecule has 7 heteroatoms. The molecular formula is C22H25ClN2O4. The number of hydrogen-bond acceptors (Lipinski definition) is 4. The number of nitrogens with one attached hydrogen (secondary N) is 1. The lowest BCUT2D eigenvalue weighted by Gasteiger charge is -2.27. The lowest BCUT2D eigenvalue weighted by Crippen LogP contribution is -2.36. The molecule has 1 saturated heterocycles. The first kappa shape index (κ1) is 21.1. The number of ether oxygens (including phenoxy) is 2. The topological polar surface area (TPSA) is 67.9 Å². The van der Waals surface area contributed by atoms with Crippen LogP contribution in [0.5, 0.6) is 5.75 Å². The van der Waals surface area contributed by atoms with Crippen LogP contribution in [-0.2, 0) is 9.53 Å². The standard InChI is InChI=1S/C22H25ClN2O4/c23-17-9-10-19(22(27)25-11-5-2-6-12-25)20(15-17)24-21(26)16-28-13-14-29-18-7-3-1-4-8-18/h1,3-4,7-10,15H,2,5-6,11-14,16H2,(H,24,26). The molecule has 0 aliphatic carbocycles. The molecule has 1 heterocycles. The predicted octanol–water partition coefficient (Wildman–Crippen LogP) is 4.00. The van der Waals surface area contributed by atoms with Gasteiger partial charge in [0.25, 0.3) is 5.91 Å². The summed E-state index contributed by atoms with van der Waals surface area (Å²) >= 11 is 6.07. The van der Waals surface area contributed by atoms with Gasteiger partial charge in [-0.15, -0.1) is 0 Å². The van der Waals surface area contributed by atoms with E-state index < -0.39 is 0 Å². The molecular weight excluding hydrogens is 392 g/mol. The third-order valence-electron chi connectivity index (χ3n) is 4.60. The first-order valence-electron chi connectivity index (χ1n) is 9.78. The Kier molecular flexibility index (Phi) is 7.90.